The summed E-state index contributed by atoms with van der Waals surface area (Å²) in [6.45, 7) is 1.85. The summed E-state index contributed by atoms with van der Waals surface area (Å²) in [4.78, 5) is 20.5. The van der Waals surface area contributed by atoms with Crippen LogP contribution in [0.15, 0.2) is 30.3 Å². The summed E-state index contributed by atoms with van der Waals surface area (Å²) in [6.07, 6.45) is 3.04. The maximum Gasteiger partial charge on any atom is 0.150 e. The Balaban J connectivity index is 2.98. The number of carbonyl (C=O) groups is 2. The maximum absolute atomic E-state index is 10.3. The maximum atomic E-state index is 10.3. The molecule has 0 spiro atoms. The Bertz CT molecular complexity index is 334. The molecule has 0 atom stereocenters. The highest BCUT2D eigenvalue weighted by molar-refractivity contribution is 5.82. The Morgan fingerprint density at radius 2 is 1.77 bits per heavy atom. The molecule has 2 heteroatoms. The first kappa shape index (κ1) is 9.39. The molecule has 0 amide bonds. The summed E-state index contributed by atoms with van der Waals surface area (Å²) in [6, 6.07) is 7.09. The normalized spacial score (nSPS) is 11.0. The average Bonchev–Trinajstić information content (AvgIpc) is 2.18. The van der Waals surface area contributed by atoms with Gasteiger partial charge in [0.15, 0.2) is 0 Å². The lowest BCUT2D eigenvalue weighted by Crippen LogP contribution is -1.83. The molecule has 2 nitrogen and oxygen atoms in total. The van der Waals surface area contributed by atoms with Gasteiger partial charge in [-0.05, 0) is 24.1 Å². The van der Waals surface area contributed by atoms with E-state index in [2.05, 4.69) is 0 Å². The molecular weight excluding hydrogens is 164 g/mol. The van der Waals surface area contributed by atoms with Gasteiger partial charge in [0.2, 0.25) is 0 Å². The second-order valence-corrected chi connectivity index (χ2v) is 2.73. The highest BCUT2D eigenvalue weighted by Crippen LogP contribution is 2.12. The Labute approximate surface area is 76.9 Å². The molecule has 1 rings (SSSR count). The van der Waals surface area contributed by atoms with E-state index in [4.69, 9.17) is 0 Å². The van der Waals surface area contributed by atoms with E-state index in [1.54, 1.807) is 12.1 Å². The van der Waals surface area contributed by atoms with Crippen LogP contribution in [0.5, 0.6) is 0 Å². The summed E-state index contributed by atoms with van der Waals surface area (Å²) in [5.41, 5.74) is 2.49. The second-order valence-electron chi connectivity index (χ2n) is 2.73. The van der Waals surface area contributed by atoms with Gasteiger partial charge in [-0.3, -0.25) is 9.59 Å². The van der Waals surface area contributed by atoms with Gasteiger partial charge >= 0.3 is 0 Å². The number of aldehydes is 2. The molecule has 0 unspecified atom stereocenters. The van der Waals surface area contributed by atoms with Crippen LogP contribution in [0, 0.1) is 0 Å². The minimum atomic E-state index is 0.641. The van der Waals surface area contributed by atoms with Crippen molar-refractivity contribution in [2.24, 2.45) is 0 Å². The van der Waals surface area contributed by atoms with E-state index in [1.807, 2.05) is 19.1 Å². The molecular formula is C11H10O2. The lowest BCUT2D eigenvalue weighted by molar-refractivity contribution is -0.104. The van der Waals surface area contributed by atoms with Gasteiger partial charge in [0, 0.05) is 5.56 Å². The highest BCUT2D eigenvalue weighted by atomic mass is 16.1. The molecule has 0 aliphatic carbocycles. The zero-order chi connectivity index (χ0) is 9.68. The quantitative estimate of drug-likeness (QED) is 0.519. The first-order valence-electron chi connectivity index (χ1n) is 3.95. The lowest BCUT2D eigenvalue weighted by atomic mass is 10.1. The molecule has 0 saturated carbocycles. The summed E-state index contributed by atoms with van der Waals surface area (Å²) >= 11 is 0. The Morgan fingerprint density at radius 1 is 1.15 bits per heavy atom. The fourth-order valence-electron chi connectivity index (χ4n) is 1.02. The van der Waals surface area contributed by atoms with Crippen LogP contribution in [0.4, 0.5) is 0 Å². The van der Waals surface area contributed by atoms with Crippen molar-refractivity contribution in [2.45, 2.75) is 6.92 Å². The number of allylic oxidation sites excluding steroid dienone is 2. The zero-order valence-corrected chi connectivity index (χ0v) is 7.36. The van der Waals surface area contributed by atoms with Crippen molar-refractivity contribution in [3.05, 3.63) is 41.5 Å². The van der Waals surface area contributed by atoms with E-state index in [9.17, 15) is 9.59 Å². The van der Waals surface area contributed by atoms with E-state index >= 15 is 0 Å². The molecule has 1 aromatic carbocycles. The largest absolute Gasteiger partial charge is 0.299 e. The van der Waals surface area contributed by atoms with Gasteiger partial charge in [-0.15, -0.1) is 0 Å². The predicted octanol–water partition coefficient (Wildman–Crippen LogP) is 2.10. The Hall–Kier alpha value is -1.70. The van der Waals surface area contributed by atoms with Crippen LogP contribution in [0.2, 0.25) is 0 Å². The van der Waals surface area contributed by atoms with Gasteiger partial charge in [0.25, 0.3) is 0 Å². The van der Waals surface area contributed by atoms with E-state index in [0.717, 1.165) is 23.7 Å². The van der Waals surface area contributed by atoms with Crippen molar-refractivity contribution < 1.29 is 9.59 Å². The molecule has 0 aliphatic rings. The molecule has 0 saturated heterocycles. The van der Waals surface area contributed by atoms with E-state index in [-0.39, 0.29) is 0 Å². The van der Waals surface area contributed by atoms with Gasteiger partial charge in [-0.2, -0.15) is 0 Å². The smallest absolute Gasteiger partial charge is 0.150 e. The molecule has 0 radical (unpaired) electrons. The van der Waals surface area contributed by atoms with Crippen LogP contribution in [0.3, 0.4) is 0 Å². The van der Waals surface area contributed by atoms with Crippen molar-refractivity contribution in [1.29, 1.82) is 0 Å². The molecule has 0 heterocycles. The fraction of sp³-hybridized carbons (Fsp3) is 0.0909. The zero-order valence-electron chi connectivity index (χ0n) is 7.36. The van der Waals surface area contributed by atoms with E-state index in [1.165, 1.54) is 6.08 Å². The van der Waals surface area contributed by atoms with Crippen LogP contribution in [-0.4, -0.2) is 12.6 Å². The minimum Gasteiger partial charge on any atom is -0.299 e. The van der Waals surface area contributed by atoms with E-state index < -0.39 is 0 Å². The number of benzene rings is 1. The lowest BCUT2D eigenvalue weighted by Gasteiger charge is -1.99. The number of rotatable bonds is 3. The Morgan fingerprint density at radius 3 is 2.23 bits per heavy atom. The third-order valence-electron chi connectivity index (χ3n) is 1.82. The first-order valence-corrected chi connectivity index (χ1v) is 3.95. The summed E-state index contributed by atoms with van der Waals surface area (Å²) < 4.78 is 0. The van der Waals surface area contributed by atoms with Crippen molar-refractivity contribution >= 4 is 18.1 Å². The molecule has 0 N–H and O–H groups in total. The van der Waals surface area contributed by atoms with Crippen LogP contribution in [-0.2, 0) is 4.79 Å². The topological polar surface area (TPSA) is 34.1 Å². The number of carbonyl (C=O) groups excluding carboxylic acids is 2. The summed E-state index contributed by atoms with van der Waals surface area (Å²) in [7, 11) is 0. The van der Waals surface area contributed by atoms with Crippen LogP contribution in [0.25, 0.3) is 5.57 Å². The SMILES string of the molecule is C/C(=C\C=O)c1ccc(C=O)cc1. The molecule has 1 aromatic rings. The van der Waals surface area contributed by atoms with Gasteiger partial charge in [0.1, 0.15) is 12.6 Å². The molecule has 0 bridgehead atoms. The summed E-state index contributed by atoms with van der Waals surface area (Å²) in [5.74, 6) is 0. The third kappa shape index (κ3) is 2.37. The van der Waals surface area contributed by atoms with Crippen molar-refractivity contribution in [3.63, 3.8) is 0 Å². The van der Waals surface area contributed by atoms with Crippen molar-refractivity contribution in [1.82, 2.24) is 0 Å². The monoisotopic (exact) mass is 174 g/mol. The van der Waals surface area contributed by atoms with Gasteiger partial charge in [-0.1, -0.05) is 24.3 Å². The second kappa shape index (κ2) is 4.36. The van der Waals surface area contributed by atoms with Gasteiger partial charge in [0.05, 0.1) is 0 Å². The molecule has 0 aromatic heterocycles. The van der Waals surface area contributed by atoms with E-state index in [0.29, 0.717) is 5.56 Å². The number of hydrogen-bond donors (Lipinski definition) is 0. The third-order valence-corrected chi connectivity index (χ3v) is 1.82. The van der Waals surface area contributed by atoms with Crippen LogP contribution >= 0.6 is 0 Å². The molecule has 0 fully saturated rings. The van der Waals surface area contributed by atoms with Crippen molar-refractivity contribution in [2.75, 3.05) is 0 Å². The van der Waals surface area contributed by atoms with Crippen LogP contribution < -0.4 is 0 Å². The minimum absolute atomic E-state index is 0.641. The van der Waals surface area contributed by atoms with Crippen molar-refractivity contribution in [3.8, 4) is 0 Å². The predicted molar refractivity (Wildman–Crippen MR) is 51.5 cm³/mol. The van der Waals surface area contributed by atoms with Gasteiger partial charge < -0.3 is 0 Å². The Kier molecular flexibility index (Phi) is 3.15. The van der Waals surface area contributed by atoms with Crippen LogP contribution in [0.1, 0.15) is 22.8 Å². The molecule has 66 valence electrons. The van der Waals surface area contributed by atoms with Gasteiger partial charge in [-0.25, -0.2) is 0 Å². The first-order chi connectivity index (χ1) is 6.27. The molecule has 13 heavy (non-hydrogen) atoms. The standard InChI is InChI=1S/C11H10O2/c1-9(6-7-12)11-4-2-10(8-13)3-5-11/h2-8H,1H3/b9-6+. The average molecular weight is 174 g/mol. The summed E-state index contributed by atoms with van der Waals surface area (Å²) in [5, 5.41) is 0. The highest BCUT2D eigenvalue weighted by Gasteiger charge is 1.94. The fourth-order valence-corrected chi connectivity index (χ4v) is 1.02. The molecule has 0 aliphatic heterocycles. The number of hydrogen-bond acceptors (Lipinski definition) is 2.